The van der Waals surface area contributed by atoms with E-state index in [1.54, 1.807) is 18.2 Å². The molecule has 1 aromatic carbocycles. The van der Waals surface area contributed by atoms with E-state index in [-0.39, 0.29) is 29.5 Å². The number of nitrogens with one attached hydrogen (secondary N) is 1. The van der Waals surface area contributed by atoms with Gasteiger partial charge in [-0.05, 0) is 87.7 Å². The zero-order chi connectivity index (χ0) is 26.3. The summed E-state index contributed by atoms with van der Waals surface area (Å²) in [5.74, 6) is -3.06. The van der Waals surface area contributed by atoms with Gasteiger partial charge in [0.05, 0.1) is 11.4 Å². The predicted molar refractivity (Wildman–Crippen MR) is 137 cm³/mol. The first-order valence-corrected chi connectivity index (χ1v) is 13.7. The summed E-state index contributed by atoms with van der Waals surface area (Å²) in [6.45, 7) is 2.40. The number of anilines is 2. The van der Waals surface area contributed by atoms with Gasteiger partial charge in [0.25, 0.3) is 0 Å². The second-order valence-corrected chi connectivity index (χ2v) is 11.6. The summed E-state index contributed by atoms with van der Waals surface area (Å²) in [4.78, 5) is 52.1. The molecule has 9 heteroatoms. The number of para-hydroxylation sites is 2. The van der Waals surface area contributed by atoms with Crippen molar-refractivity contribution >= 4 is 35.1 Å². The van der Waals surface area contributed by atoms with Crippen LogP contribution in [0, 0.1) is 17.8 Å². The Labute approximate surface area is 217 Å². The summed E-state index contributed by atoms with van der Waals surface area (Å²) in [6, 6.07) is 7.10. The first kappa shape index (κ1) is 25.7. The maximum Gasteiger partial charge on any atom is 0.394 e. The second kappa shape index (κ2) is 10.4. The number of fused-ring (bicyclic) bond motifs is 4. The van der Waals surface area contributed by atoms with Gasteiger partial charge >= 0.3 is 23.8 Å². The van der Waals surface area contributed by atoms with E-state index in [1.807, 2.05) is 0 Å². The molecule has 5 rings (SSSR count). The van der Waals surface area contributed by atoms with Crippen LogP contribution in [0.2, 0.25) is 0 Å². The number of hydrogen-bond acceptors (Lipinski definition) is 5. The number of aliphatic carboxylic acids is 2. The van der Waals surface area contributed by atoms with E-state index in [1.165, 1.54) is 43.1 Å². The van der Waals surface area contributed by atoms with Gasteiger partial charge in [-0.15, -0.1) is 0 Å². The van der Waals surface area contributed by atoms with E-state index in [2.05, 4.69) is 17.1 Å². The van der Waals surface area contributed by atoms with Crippen LogP contribution in [0.5, 0.6) is 0 Å². The second-order valence-electron chi connectivity index (χ2n) is 11.6. The first-order valence-electron chi connectivity index (χ1n) is 13.7. The fourth-order valence-electron chi connectivity index (χ4n) is 7.99. The Bertz CT molecular complexity index is 1060. The molecular formula is C28H37N3O6. The number of carbonyl (C=O) groups excluding carboxylic acids is 2. The van der Waals surface area contributed by atoms with Crippen molar-refractivity contribution in [3.05, 3.63) is 24.3 Å². The number of amides is 2. The number of carboxylic acids is 2. The van der Waals surface area contributed by atoms with Gasteiger partial charge in [-0.3, -0.25) is 19.4 Å². The molecule has 1 aromatic rings. The molecule has 2 heterocycles. The largest absolute Gasteiger partial charge is 0.474 e. The van der Waals surface area contributed by atoms with E-state index in [0.717, 1.165) is 37.0 Å². The average Bonchev–Trinajstić information content (AvgIpc) is 3.06. The van der Waals surface area contributed by atoms with E-state index in [4.69, 9.17) is 5.11 Å². The predicted octanol–water partition coefficient (Wildman–Crippen LogP) is 3.73. The van der Waals surface area contributed by atoms with Gasteiger partial charge in [-0.25, -0.2) is 9.59 Å². The molecule has 200 valence electrons. The summed E-state index contributed by atoms with van der Waals surface area (Å²) in [5, 5.41) is 21.1. The van der Waals surface area contributed by atoms with Gasteiger partial charge in [0.1, 0.15) is 0 Å². The molecule has 0 aromatic heterocycles. The summed E-state index contributed by atoms with van der Waals surface area (Å²) < 4.78 is 0. The van der Waals surface area contributed by atoms with Crippen LogP contribution in [-0.2, 0) is 19.2 Å². The Morgan fingerprint density at radius 3 is 2.22 bits per heavy atom. The monoisotopic (exact) mass is 511 g/mol. The Morgan fingerprint density at radius 2 is 1.54 bits per heavy atom. The smallest absolute Gasteiger partial charge is 0.394 e. The van der Waals surface area contributed by atoms with Gasteiger partial charge in [-0.2, -0.15) is 0 Å². The molecule has 4 fully saturated rings. The minimum absolute atomic E-state index is 0.117. The highest BCUT2D eigenvalue weighted by atomic mass is 16.4. The highest BCUT2D eigenvalue weighted by molar-refractivity contribution is 6.39. The Kier molecular flexibility index (Phi) is 7.25. The van der Waals surface area contributed by atoms with E-state index >= 15 is 0 Å². The van der Waals surface area contributed by atoms with Crippen LogP contribution < -0.4 is 10.2 Å². The number of carbonyl (C=O) groups is 4. The molecule has 37 heavy (non-hydrogen) atoms. The van der Waals surface area contributed by atoms with Crippen LogP contribution in [0.25, 0.3) is 0 Å². The lowest BCUT2D eigenvalue weighted by Gasteiger charge is -2.54. The zero-order valence-electron chi connectivity index (χ0n) is 21.3. The third kappa shape index (κ3) is 5.10. The molecule has 4 bridgehead atoms. The van der Waals surface area contributed by atoms with Crippen LogP contribution in [0.4, 0.5) is 11.4 Å². The molecular weight excluding hydrogens is 474 g/mol. The van der Waals surface area contributed by atoms with E-state index in [0.29, 0.717) is 18.9 Å². The van der Waals surface area contributed by atoms with Crippen molar-refractivity contribution in [1.82, 2.24) is 4.90 Å². The third-order valence-electron chi connectivity index (χ3n) is 9.42. The topological polar surface area (TPSA) is 127 Å². The van der Waals surface area contributed by atoms with Gasteiger partial charge in [0.2, 0.25) is 0 Å². The SMILES string of the molecule is C[C@@H]1C[C@H]2CC1CC[C@H](N1[C@@H]3CCC[C@H]1CC(N(C(=O)C(=O)O)c1ccccc1NC(=O)C(=O)O)C3)C2. The van der Waals surface area contributed by atoms with Crippen LogP contribution in [0.3, 0.4) is 0 Å². The van der Waals surface area contributed by atoms with Gasteiger partial charge < -0.3 is 15.5 Å². The summed E-state index contributed by atoms with van der Waals surface area (Å²) in [7, 11) is 0. The maximum atomic E-state index is 13.1. The van der Waals surface area contributed by atoms with Crippen molar-refractivity contribution in [1.29, 1.82) is 0 Å². The first-order chi connectivity index (χ1) is 17.7. The minimum Gasteiger partial charge on any atom is -0.474 e. The lowest BCUT2D eigenvalue weighted by atomic mass is 9.78. The van der Waals surface area contributed by atoms with E-state index in [9.17, 15) is 24.3 Å². The van der Waals surface area contributed by atoms with Gasteiger partial charge in [-0.1, -0.05) is 25.5 Å². The number of hydrogen-bond donors (Lipinski definition) is 3. The molecule has 2 aliphatic carbocycles. The molecule has 4 aliphatic rings. The number of piperidine rings is 2. The van der Waals surface area contributed by atoms with Crippen molar-refractivity contribution < 1.29 is 29.4 Å². The number of carboxylic acid groups (broad SMARTS) is 2. The number of benzene rings is 1. The van der Waals surface area contributed by atoms with E-state index < -0.39 is 23.8 Å². The van der Waals surface area contributed by atoms with Crippen molar-refractivity contribution in [2.75, 3.05) is 10.2 Å². The fraction of sp³-hybridized carbons (Fsp3) is 0.643. The molecule has 2 unspecified atom stereocenters. The van der Waals surface area contributed by atoms with Crippen LogP contribution in [-0.4, -0.2) is 63.0 Å². The van der Waals surface area contributed by atoms with Crippen molar-refractivity contribution in [3.63, 3.8) is 0 Å². The van der Waals surface area contributed by atoms with Crippen molar-refractivity contribution in [2.24, 2.45) is 17.8 Å². The highest BCUT2D eigenvalue weighted by Crippen LogP contribution is 2.48. The summed E-state index contributed by atoms with van der Waals surface area (Å²) in [5.41, 5.74) is 0.341. The average molecular weight is 512 g/mol. The molecule has 9 nitrogen and oxygen atoms in total. The fourth-order valence-corrected chi connectivity index (χ4v) is 7.99. The van der Waals surface area contributed by atoms with Crippen molar-refractivity contribution in [2.45, 2.75) is 95.3 Å². The zero-order valence-corrected chi connectivity index (χ0v) is 21.3. The number of nitrogens with zero attached hydrogens (tertiary/aromatic N) is 2. The highest BCUT2D eigenvalue weighted by Gasteiger charge is 2.47. The molecule has 3 N–H and O–H groups in total. The minimum atomic E-state index is -1.65. The third-order valence-corrected chi connectivity index (χ3v) is 9.42. The quantitative estimate of drug-likeness (QED) is 0.526. The lowest BCUT2D eigenvalue weighted by Crippen LogP contribution is -2.61. The molecule has 0 spiro atoms. The molecule has 2 saturated carbocycles. The molecule has 0 radical (unpaired) electrons. The van der Waals surface area contributed by atoms with Crippen LogP contribution in [0.15, 0.2) is 24.3 Å². The van der Waals surface area contributed by atoms with Crippen LogP contribution in [0.1, 0.15) is 71.1 Å². The normalized spacial score (nSPS) is 33.3. The molecule has 7 atom stereocenters. The lowest BCUT2D eigenvalue weighted by molar-refractivity contribution is -0.149. The Balaban J connectivity index is 1.41. The van der Waals surface area contributed by atoms with Crippen molar-refractivity contribution in [3.8, 4) is 0 Å². The number of rotatable bonds is 4. The van der Waals surface area contributed by atoms with Gasteiger partial charge in [0, 0.05) is 24.2 Å². The summed E-state index contributed by atoms with van der Waals surface area (Å²) in [6.07, 6.45) is 10.9. The van der Waals surface area contributed by atoms with Gasteiger partial charge in [0.15, 0.2) is 0 Å². The van der Waals surface area contributed by atoms with Crippen LogP contribution >= 0.6 is 0 Å². The Morgan fingerprint density at radius 1 is 0.865 bits per heavy atom. The molecule has 2 saturated heterocycles. The Hall–Kier alpha value is -2.94. The molecule has 2 amide bonds. The standard InChI is InChI=1S/C28H37N3O6/c1-16-11-17-12-18(16)9-10-21(13-17)30-19-5-4-6-20(30)15-22(14-19)31(26(33)28(36)37)24-8-3-2-7-23(24)29-25(32)27(34)35/h2-3,7-8,16-22H,4-6,9-15H2,1H3,(H,29,32)(H,34,35)(H,36,37)/t16-,17+,18?,19-,20+,21+,22?/m1/s1. The molecule has 2 aliphatic heterocycles. The summed E-state index contributed by atoms with van der Waals surface area (Å²) >= 11 is 0. The maximum absolute atomic E-state index is 13.1.